The first-order valence-corrected chi connectivity index (χ1v) is 10.8. The molecule has 34 heavy (non-hydrogen) atoms. The standard InChI is InChI=1S/C22H25N9O3/c23-29-31(5-1-9-32)6-4-19-26-20(14-21(27-19)30-7-10-34-11-8-30)28-24-15-16-2-3-18-17(12-16)13-22(33)25-18/h1-3,5,9,12,14-15,23H,4,6-8,10-11,13H2,(H,25,33)(H,26,27,28)/b5-1+,24-15+,29-23?. The number of ether oxygens (including phenoxy) is 1. The Bertz CT molecular complexity index is 1110. The second-order valence-corrected chi connectivity index (χ2v) is 7.63. The van der Waals surface area contributed by atoms with E-state index in [4.69, 9.17) is 10.3 Å². The molecule has 12 nitrogen and oxygen atoms in total. The number of aldehydes is 1. The second kappa shape index (κ2) is 11.1. The lowest BCUT2D eigenvalue weighted by Gasteiger charge is -2.28. The Hall–Kier alpha value is -4.19. The minimum Gasteiger partial charge on any atom is -0.378 e. The largest absolute Gasteiger partial charge is 0.378 e. The Kier molecular flexibility index (Phi) is 7.50. The van der Waals surface area contributed by atoms with Crippen LogP contribution in [0.1, 0.15) is 17.0 Å². The zero-order valence-electron chi connectivity index (χ0n) is 18.5. The van der Waals surface area contributed by atoms with Crippen LogP contribution in [0.5, 0.6) is 0 Å². The van der Waals surface area contributed by atoms with Crippen molar-refractivity contribution in [1.29, 1.82) is 5.53 Å². The number of nitrogens with one attached hydrogen (secondary N) is 3. The molecule has 0 radical (unpaired) electrons. The quantitative estimate of drug-likeness (QED) is 0.159. The maximum atomic E-state index is 11.5. The van der Waals surface area contributed by atoms with E-state index in [1.54, 1.807) is 6.21 Å². The lowest BCUT2D eigenvalue weighted by atomic mass is 10.1. The summed E-state index contributed by atoms with van der Waals surface area (Å²) in [6.45, 7) is 3.02. The molecule has 0 spiro atoms. The van der Waals surface area contributed by atoms with Crippen LogP contribution in [0.2, 0.25) is 0 Å². The summed E-state index contributed by atoms with van der Waals surface area (Å²) in [7, 11) is 0. The van der Waals surface area contributed by atoms with Crippen molar-refractivity contribution in [3.05, 3.63) is 53.5 Å². The Morgan fingerprint density at radius 2 is 2.12 bits per heavy atom. The average Bonchev–Trinajstić information content (AvgIpc) is 3.24. The third-order valence-electron chi connectivity index (χ3n) is 5.27. The van der Waals surface area contributed by atoms with Gasteiger partial charge in [0.15, 0.2) is 5.82 Å². The van der Waals surface area contributed by atoms with Gasteiger partial charge in [0.25, 0.3) is 0 Å². The van der Waals surface area contributed by atoms with Crippen molar-refractivity contribution < 1.29 is 14.3 Å². The summed E-state index contributed by atoms with van der Waals surface area (Å²) in [6.07, 6.45) is 5.78. The molecule has 1 aromatic carbocycles. The molecule has 4 rings (SSSR count). The van der Waals surface area contributed by atoms with Crippen LogP contribution >= 0.6 is 0 Å². The topological polar surface area (TPSA) is 148 Å². The van der Waals surface area contributed by atoms with Gasteiger partial charge in [-0.1, -0.05) is 11.3 Å². The first-order valence-electron chi connectivity index (χ1n) is 10.8. The van der Waals surface area contributed by atoms with Crippen molar-refractivity contribution in [1.82, 2.24) is 15.0 Å². The van der Waals surface area contributed by atoms with Crippen LogP contribution in [0.4, 0.5) is 17.3 Å². The molecule has 1 fully saturated rings. The number of nitrogens with zero attached hydrogens (tertiary/aromatic N) is 6. The summed E-state index contributed by atoms with van der Waals surface area (Å²) in [5, 5.41) is 11.8. The van der Waals surface area contributed by atoms with Gasteiger partial charge in [-0.25, -0.2) is 9.97 Å². The monoisotopic (exact) mass is 463 g/mol. The molecule has 0 atom stereocenters. The van der Waals surface area contributed by atoms with Crippen LogP contribution in [0, 0.1) is 5.53 Å². The van der Waals surface area contributed by atoms with E-state index in [9.17, 15) is 9.59 Å². The van der Waals surface area contributed by atoms with Crippen molar-refractivity contribution in [3.63, 3.8) is 0 Å². The molecule has 2 aliphatic rings. The van der Waals surface area contributed by atoms with E-state index in [2.05, 4.69) is 35.9 Å². The van der Waals surface area contributed by atoms with E-state index >= 15 is 0 Å². The Balaban J connectivity index is 1.49. The molecule has 0 aliphatic carbocycles. The highest BCUT2D eigenvalue weighted by molar-refractivity contribution is 6.00. The first-order chi connectivity index (χ1) is 16.6. The maximum Gasteiger partial charge on any atom is 0.228 e. The third kappa shape index (κ3) is 5.98. The lowest BCUT2D eigenvalue weighted by Crippen LogP contribution is -2.37. The number of fused-ring (bicyclic) bond motifs is 1. The fraction of sp³-hybridized carbons (Fsp3) is 0.318. The average molecular weight is 464 g/mol. The Morgan fingerprint density at radius 1 is 1.26 bits per heavy atom. The van der Waals surface area contributed by atoms with Gasteiger partial charge in [-0.3, -0.25) is 20.0 Å². The predicted octanol–water partition coefficient (Wildman–Crippen LogP) is 1.76. The van der Waals surface area contributed by atoms with Gasteiger partial charge < -0.3 is 15.0 Å². The second-order valence-electron chi connectivity index (χ2n) is 7.63. The Morgan fingerprint density at radius 3 is 2.91 bits per heavy atom. The van der Waals surface area contributed by atoms with Gasteiger partial charge in [0.1, 0.15) is 17.9 Å². The molecule has 0 unspecified atom stereocenters. The van der Waals surface area contributed by atoms with Crippen molar-refractivity contribution in [2.24, 2.45) is 10.3 Å². The van der Waals surface area contributed by atoms with Crippen molar-refractivity contribution in [2.75, 3.05) is 48.5 Å². The van der Waals surface area contributed by atoms with E-state index in [1.165, 1.54) is 17.3 Å². The van der Waals surface area contributed by atoms with Gasteiger partial charge in [0.05, 0.1) is 25.8 Å². The highest BCUT2D eigenvalue weighted by Gasteiger charge is 2.17. The highest BCUT2D eigenvalue weighted by atomic mass is 16.5. The molecular weight excluding hydrogens is 438 g/mol. The molecule has 1 saturated heterocycles. The summed E-state index contributed by atoms with van der Waals surface area (Å²) in [5.41, 5.74) is 12.9. The molecule has 1 aromatic heterocycles. The third-order valence-corrected chi connectivity index (χ3v) is 5.27. The number of carbonyl (C=O) groups excluding carboxylic acids is 2. The number of hydrogen-bond acceptors (Lipinski definition) is 10. The van der Waals surface area contributed by atoms with Crippen LogP contribution in [0.25, 0.3) is 0 Å². The van der Waals surface area contributed by atoms with E-state index in [1.807, 2.05) is 24.3 Å². The van der Waals surface area contributed by atoms with Crippen LogP contribution in [-0.4, -0.2) is 66.2 Å². The van der Waals surface area contributed by atoms with Gasteiger partial charge >= 0.3 is 0 Å². The van der Waals surface area contributed by atoms with Gasteiger partial charge in [-0.05, 0) is 29.3 Å². The molecule has 3 heterocycles. The molecule has 2 aromatic rings. The SMILES string of the molecule is N=NN(/C=C/C=O)CCc1nc(N/N=C/c2ccc3c(c2)CC(=O)N3)cc(N2CCOCC2)n1. The summed E-state index contributed by atoms with van der Waals surface area (Å²) in [6, 6.07) is 7.50. The minimum absolute atomic E-state index is 0.00944. The van der Waals surface area contributed by atoms with Crippen LogP contribution in [0.3, 0.4) is 0 Å². The summed E-state index contributed by atoms with van der Waals surface area (Å²) in [4.78, 5) is 33.4. The molecule has 12 heteroatoms. The van der Waals surface area contributed by atoms with Gasteiger partial charge in [-0.15, -0.1) is 0 Å². The highest BCUT2D eigenvalue weighted by Crippen LogP contribution is 2.23. The maximum absolute atomic E-state index is 11.5. The fourth-order valence-electron chi connectivity index (χ4n) is 3.62. The van der Waals surface area contributed by atoms with E-state index in [-0.39, 0.29) is 5.91 Å². The predicted molar refractivity (Wildman–Crippen MR) is 126 cm³/mol. The molecule has 2 aliphatic heterocycles. The number of amides is 1. The molecule has 0 bridgehead atoms. The van der Waals surface area contributed by atoms with Crippen LogP contribution < -0.4 is 15.6 Å². The molecule has 3 N–H and O–H groups in total. The first kappa shape index (κ1) is 23.0. The molecule has 1 amide bonds. The zero-order chi connectivity index (χ0) is 23.8. The molecule has 176 valence electrons. The number of hydrazone groups is 1. The van der Waals surface area contributed by atoms with E-state index in [0.29, 0.717) is 50.5 Å². The minimum atomic E-state index is -0.00944. The van der Waals surface area contributed by atoms with Gasteiger partial charge in [0, 0.05) is 44.0 Å². The number of hydrogen-bond donors (Lipinski definition) is 3. The zero-order valence-corrected chi connectivity index (χ0v) is 18.5. The molecular formula is C22H25N9O3. The van der Waals surface area contributed by atoms with Crippen LogP contribution in [0.15, 0.2) is 46.9 Å². The van der Waals surface area contributed by atoms with Crippen molar-refractivity contribution >= 4 is 35.7 Å². The van der Waals surface area contributed by atoms with Gasteiger partial charge in [-0.2, -0.15) is 10.6 Å². The fourth-order valence-corrected chi connectivity index (χ4v) is 3.62. The number of anilines is 3. The summed E-state index contributed by atoms with van der Waals surface area (Å²) >= 11 is 0. The number of benzene rings is 1. The number of allylic oxidation sites excluding steroid dienone is 1. The molecule has 0 saturated carbocycles. The van der Waals surface area contributed by atoms with Crippen LogP contribution in [-0.2, 0) is 27.2 Å². The lowest BCUT2D eigenvalue weighted by molar-refractivity contribution is -0.115. The van der Waals surface area contributed by atoms with Crippen molar-refractivity contribution in [2.45, 2.75) is 12.8 Å². The normalized spacial score (nSPS) is 15.4. The Labute approximate surface area is 196 Å². The summed E-state index contributed by atoms with van der Waals surface area (Å²) in [5.74, 6) is 1.83. The van der Waals surface area contributed by atoms with E-state index in [0.717, 1.165) is 35.7 Å². The number of rotatable bonds is 10. The number of aromatic nitrogens is 2. The van der Waals surface area contributed by atoms with Gasteiger partial charge in [0.2, 0.25) is 5.91 Å². The van der Waals surface area contributed by atoms with E-state index < -0.39 is 0 Å². The smallest absolute Gasteiger partial charge is 0.228 e. The summed E-state index contributed by atoms with van der Waals surface area (Å²) < 4.78 is 5.44. The van der Waals surface area contributed by atoms with Crippen molar-refractivity contribution in [3.8, 4) is 0 Å². The number of carbonyl (C=O) groups is 2. The number of morpholine rings is 1.